The highest BCUT2D eigenvalue weighted by atomic mass is 28.3. The Labute approximate surface area is 282 Å². The van der Waals surface area contributed by atoms with Crippen LogP contribution in [-0.2, 0) is 38.0 Å². The molecule has 1 amide bonds. The number of aliphatic carboxylic acids is 1. The van der Waals surface area contributed by atoms with Gasteiger partial charge in [0, 0.05) is 28.0 Å². The van der Waals surface area contributed by atoms with Crippen molar-refractivity contribution in [2.45, 2.75) is 137 Å². The van der Waals surface area contributed by atoms with Crippen LogP contribution in [0.2, 0.25) is 25.7 Å². The van der Waals surface area contributed by atoms with Crippen molar-refractivity contribution < 1.29 is 94.2 Å². The van der Waals surface area contributed by atoms with Gasteiger partial charge in [0.05, 0.1) is 32.0 Å². The molecule has 9 unspecified atom stereocenters. The molecule has 49 heavy (non-hydrogen) atoms. The normalized spacial score (nSPS) is 41.6. The first-order valence-electron chi connectivity index (χ1n) is 15.8. The summed E-state index contributed by atoms with van der Waals surface area (Å²) in [5.74, 6) is -5.70. The number of nitrogens with one attached hydrogen (secondary N) is 1. The van der Waals surface area contributed by atoms with Crippen molar-refractivity contribution in [3.8, 4) is 0 Å². The number of ether oxygens (including phenoxy) is 6. The van der Waals surface area contributed by atoms with Crippen LogP contribution < -0.4 is 5.32 Å². The number of aliphatic hydroxyl groups is 10. The van der Waals surface area contributed by atoms with Gasteiger partial charge in [0.25, 0.3) is 5.79 Å². The third kappa shape index (κ3) is 9.90. The Kier molecular flexibility index (Phi) is 14.9. The number of aliphatic hydroxyl groups excluding tert-OH is 10. The van der Waals surface area contributed by atoms with E-state index in [4.69, 9.17) is 28.4 Å². The van der Waals surface area contributed by atoms with Gasteiger partial charge >= 0.3 is 5.97 Å². The minimum Gasteiger partial charge on any atom is -0.477 e. The van der Waals surface area contributed by atoms with E-state index >= 15 is 0 Å². The number of hydrogen-bond acceptors (Lipinski definition) is 18. The van der Waals surface area contributed by atoms with Crippen LogP contribution in [0.4, 0.5) is 0 Å². The summed E-state index contributed by atoms with van der Waals surface area (Å²) in [6.07, 6.45) is -26.5. The Morgan fingerprint density at radius 3 is 2.04 bits per heavy atom. The second kappa shape index (κ2) is 17.4. The van der Waals surface area contributed by atoms with Gasteiger partial charge in [-0.15, -0.1) is 0 Å². The number of carboxylic acid groups (broad SMARTS) is 1. The SMILES string of the molecule is CC(=O)N[C@H]1C(C(O)C(O)CO)O[C@@](OC2C(O)[C@H](O[C@@H]3C(CO)O[C@@H](OCC[Si](C)(C)C)C(O)C3O)OC(CO)[C@@H]2O)(C(=O)O)C[C@H]1O. The Morgan fingerprint density at radius 1 is 0.898 bits per heavy atom. The maximum Gasteiger partial charge on any atom is 0.364 e. The molecule has 0 radical (unpaired) electrons. The predicted molar refractivity (Wildman–Crippen MR) is 162 cm³/mol. The first-order chi connectivity index (χ1) is 22.8. The van der Waals surface area contributed by atoms with E-state index in [1.807, 2.05) is 0 Å². The van der Waals surface area contributed by atoms with Gasteiger partial charge in [-0.05, 0) is 6.04 Å². The van der Waals surface area contributed by atoms with Crippen molar-refractivity contribution in [3.05, 3.63) is 0 Å². The maximum atomic E-state index is 12.7. The fraction of sp³-hybridized carbons (Fsp3) is 0.929. The molecule has 0 spiro atoms. The van der Waals surface area contributed by atoms with Gasteiger partial charge in [-0.1, -0.05) is 19.6 Å². The van der Waals surface area contributed by atoms with Crippen molar-refractivity contribution in [2.24, 2.45) is 0 Å². The molecule has 0 aromatic rings. The second-order valence-corrected chi connectivity index (χ2v) is 19.3. The van der Waals surface area contributed by atoms with Gasteiger partial charge in [0.2, 0.25) is 5.91 Å². The summed E-state index contributed by atoms with van der Waals surface area (Å²) in [5, 5.41) is 117. The third-order valence-corrected chi connectivity index (χ3v) is 10.3. The lowest BCUT2D eigenvalue weighted by Gasteiger charge is -2.50. The fourth-order valence-electron chi connectivity index (χ4n) is 5.77. The zero-order valence-corrected chi connectivity index (χ0v) is 28.6. The fourth-order valence-corrected chi connectivity index (χ4v) is 6.50. The van der Waals surface area contributed by atoms with E-state index in [9.17, 15) is 65.8 Å². The Balaban J connectivity index is 1.88. The molecular formula is C28H51NO19Si. The molecule has 20 nitrogen and oxygen atoms in total. The van der Waals surface area contributed by atoms with Gasteiger partial charge in [-0.3, -0.25) is 4.79 Å². The molecule has 21 heteroatoms. The zero-order chi connectivity index (χ0) is 37.0. The van der Waals surface area contributed by atoms with Crippen LogP contribution >= 0.6 is 0 Å². The Bertz CT molecular complexity index is 1080. The molecule has 12 N–H and O–H groups in total. The summed E-state index contributed by atoms with van der Waals surface area (Å²) >= 11 is 0. The van der Waals surface area contributed by atoms with E-state index in [1.54, 1.807) is 0 Å². The topological polar surface area (TPSA) is 324 Å². The van der Waals surface area contributed by atoms with Gasteiger partial charge < -0.3 is 89.9 Å². The van der Waals surface area contributed by atoms with E-state index in [1.165, 1.54) is 0 Å². The molecule has 0 aromatic carbocycles. The van der Waals surface area contributed by atoms with E-state index in [-0.39, 0.29) is 6.61 Å². The summed E-state index contributed by atoms with van der Waals surface area (Å²) in [6, 6.07) is -0.837. The number of rotatable bonds is 15. The Morgan fingerprint density at radius 2 is 1.51 bits per heavy atom. The number of hydrogen-bond donors (Lipinski definition) is 12. The van der Waals surface area contributed by atoms with Crippen molar-refractivity contribution in [1.29, 1.82) is 0 Å². The van der Waals surface area contributed by atoms with Gasteiger partial charge in [-0.25, -0.2) is 4.79 Å². The average molecular weight is 734 g/mol. The average Bonchev–Trinajstić information content (AvgIpc) is 3.03. The molecule has 3 saturated heterocycles. The van der Waals surface area contributed by atoms with Gasteiger partial charge in [0.1, 0.15) is 67.1 Å². The van der Waals surface area contributed by atoms with E-state index < -0.39 is 144 Å². The summed E-state index contributed by atoms with van der Waals surface area (Å²) in [4.78, 5) is 24.5. The standard InChI is InChI=1S/C28H51NO19Si/c1-11(33)29-16-12(34)7-28(27(41)42,47-23(16)17(36)13(35)8-30)48-24-18(37)14(9-31)44-26(21(24)40)46-22-15(10-32)45-25(20(39)19(22)38)43-5-6-49(2,3)4/h12-26,30-32,34-40H,5-10H2,1-4H3,(H,29,33)(H,41,42)/t12-,13?,14?,15?,16-,17?,18+,19?,20?,21?,22-,23?,24?,25-,26+,28+/m1/s1. The molecule has 16 atom stereocenters. The molecule has 3 aliphatic rings. The van der Waals surface area contributed by atoms with Gasteiger partial charge in [0.15, 0.2) is 12.6 Å². The predicted octanol–water partition coefficient (Wildman–Crippen LogP) is -5.86. The van der Waals surface area contributed by atoms with E-state index in [2.05, 4.69) is 25.0 Å². The molecule has 3 heterocycles. The van der Waals surface area contributed by atoms with E-state index in [0.29, 0.717) is 6.04 Å². The van der Waals surface area contributed by atoms with Crippen molar-refractivity contribution in [1.82, 2.24) is 5.32 Å². The van der Waals surface area contributed by atoms with Crippen LogP contribution in [0.3, 0.4) is 0 Å². The summed E-state index contributed by atoms with van der Waals surface area (Å²) in [5.41, 5.74) is 0. The zero-order valence-electron chi connectivity index (χ0n) is 27.6. The number of carbonyl (C=O) groups excluding carboxylic acids is 1. The molecule has 0 aliphatic carbocycles. The smallest absolute Gasteiger partial charge is 0.364 e. The molecule has 3 aliphatic heterocycles. The maximum absolute atomic E-state index is 12.7. The van der Waals surface area contributed by atoms with Crippen molar-refractivity contribution in [2.75, 3.05) is 26.4 Å². The number of carbonyl (C=O) groups is 2. The first kappa shape index (κ1) is 41.9. The molecule has 3 fully saturated rings. The monoisotopic (exact) mass is 733 g/mol. The van der Waals surface area contributed by atoms with Crippen LogP contribution in [0.15, 0.2) is 0 Å². The van der Waals surface area contributed by atoms with Crippen molar-refractivity contribution in [3.63, 3.8) is 0 Å². The summed E-state index contributed by atoms with van der Waals surface area (Å²) < 4.78 is 33.6. The molecular weight excluding hydrogens is 682 g/mol. The minimum absolute atomic E-state index is 0.192. The largest absolute Gasteiger partial charge is 0.477 e. The molecule has 0 saturated carbocycles. The lowest BCUT2D eigenvalue weighted by atomic mass is 9.88. The molecule has 0 aromatic heterocycles. The molecule has 0 bridgehead atoms. The summed E-state index contributed by atoms with van der Waals surface area (Å²) in [7, 11) is -1.54. The minimum atomic E-state index is -3.01. The number of carboxylic acids is 1. The lowest BCUT2D eigenvalue weighted by Crippen LogP contribution is -2.70. The quantitative estimate of drug-likeness (QED) is 0.0697. The van der Waals surface area contributed by atoms with Gasteiger partial charge in [-0.2, -0.15) is 0 Å². The third-order valence-electron chi connectivity index (χ3n) is 8.58. The molecule has 3 rings (SSSR count). The highest BCUT2D eigenvalue weighted by molar-refractivity contribution is 6.76. The van der Waals surface area contributed by atoms with E-state index in [0.717, 1.165) is 6.92 Å². The highest BCUT2D eigenvalue weighted by Gasteiger charge is 2.60. The van der Waals surface area contributed by atoms with Crippen LogP contribution in [0, 0.1) is 0 Å². The van der Waals surface area contributed by atoms with Crippen molar-refractivity contribution >= 4 is 20.0 Å². The van der Waals surface area contributed by atoms with Crippen LogP contribution in [0.1, 0.15) is 13.3 Å². The molecule has 286 valence electrons. The van der Waals surface area contributed by atoms with Crippen LogP contribution in [0.25, 0.3) is 0 Å². The summed E-state index contributed by atoms with van der Waals surface area (Å²) in [6.45, 7) is 4.77. The van der Waals surface area contributed by atoms with Crippen LogP contribution in [0.5, 0.6) is 0 Å². The first-order valence-corrected chi connectivity index (χ1v) is 19.5. The highest BCUT2D eigenvalue weighted by Crippen LogP contribution is 2.38. The lowest BCUT2D eigenvalue weighted by molar-refractivity contribution is -0.386. The second-order valence-electron chi connectivity index (χ2n) is 13.7. The number of amides is 1. The van der Waals surface area contributed by atoms with Crippen LogP contribution in [-0.4, -0.2) is 200 Å². The Hall–Kier alpha value is -1.48.